The number of nitro groups is 1. The molecular weight excluding hydrogens is 292 g/mol. The molecule has 6 nitrogen and oxygen atoms in total. The molecule has 0 fully saturated rings. The predicted octanol–water partition coefficient (Wildman–Crippen LogP) is 2.80. The highest BCUT2D eigenvalue weighted by Gasteiger charge is 2.08. The molecule has 0 amide bonds. The quantitative estimate of drug-likeness (QED) is 0.399. The van der Waals surface area contributed by atoms with Crippen molar-refractivity contribution < 1.29 is 4.92 Å². The van der Waals surface area contributed by atoms with Crippen LogP contribution >= 0.6 is 0 Å². The maximum absolute atomic E-state index is 10.8. The van der Waals surface area contributed by atoms with Gasteiger partial charge in [0.15, 0.2) is 5.96 Å². The average molecular weight is 312 g/mol. The third kappa shape index (κ3) is 4.81. The number of rotatable bonds is 5. The van der Waals surface area contributed by atoms with Gasteiger partial charge in [-0.1, -0.05) is 42.5 Å². The van der Waals surface area contributed by atoms with E-state index in [1.165, 1.54) is 11.6 Å². The lowest BCUT2D eigenvalue weighted by Crippen LogP contribution is -2.38. The SMILES string of the molecule is CN=C(NCc1cccc([N+](=O)[O-])c1)N(C)Cc1ccccc1. The number of nitrogens with zero attached hydrogens (tertiary/aromatic N) is 3. The molecule has 2 aromatic rings. The lowest BCUT2D eigenvalue weighted by Gasteiger charge is -2.22. The van der Waals surface area contributed by atoms with Crippen LogP contribution in [-0.4, -0.2) is 29.9 Å². The van der Waals surface area contributed by atoms with Gasteiger partial charge in [-0.05, 0) is 11.1 Å². The van der Waals surface area contributed by atoms with E-state index in [1.54, 1.807) is 19.2 Å². The number of hydrogen-bond donors (Lipinski definition) is 1. The topological polar surface area (TPSA) is 70.8 Å². The van der Waals surface area contributed by atoms with Crippen molar-refractivity contribution >= 4 is 11.6 Å². The Balaban J connectivity index is 1.97. The van der Waals surface area contributed by atoms with Crippen molar-refractivity contribution in [1.82, 2.24) is 10.2 Å². The molecule has 0 aromatic heterocycles. The second-order valence-electron chi connectivity index (χ2n) is 5.17. The fraction of sp³-hybridized carbons (Fsp3) is 0.235. The van der Waals surface area contributed by atoms with Crippen LogP contribution in [0.5, 0.6) is 0 Å². The van der Waals surface area contributed by atoms with Gasteiger partial charge >= 0.3 is 0 Å². The van der Waals surface area contributed by atoms with E-state index in [4.69, 9.17) is 0 Å². The summed E-state index contributed by atoms with van der Waals surface area (Å²) in [5.41, 5.74) is 2.12. The van der Waals surface area contributed by atoms with Crippen molar-refractivity contribution in [1.29, 1.82) is 0 Å². The summed E-state index contributed by atoms with van der Waals surface area (Å²) in [6, 6.07) is 16.7. The number of hydrogen-bond acceptors (Lipinski definition) is 3. The number of guanidine groups is 1. The van der Waals surface area contributed by atoms with Gasteiger partial charge in [-0.3, -0.25) is 15.1 Å². The van der Waals surface area contributed by atoms with Crippen LogP contribution in [0.15, 0.2) is 59.6 Å². The molecule has 0 saturated heterocycles. The summed E-state index contributed by atoms with van der Waals surface area (Å²) in [7, 11) is 3.67. The first kappa shape index (κ1) is 16.5. The number of aliphatic imine (C=N–C) groups is 1. The van der Waals surface area contributed by atoms with Crippen molar-refractivity contribution in [2.75, 3.05) is 14.1 Å². The summed E-state index contributed by atoms with van der Waals surface area (Å²) in [5.74, 6) is 0.736. The first-order valence-corrected chi connectivity index (χ1v) is 7.29. The molecule has 120 valence electrons. The van der Waals surface area contributed by atoms with E-state index in [0.717, 1.165) is 18.1 Å². The summed E-state index contributed by atoms with van der Waals surface area (Å²) in [6.45, 7) is 1.21. The molecule has 23 heavy (non-hydrogen) atoms. The Bertz CT molecular complexity index is 686. The van der Waals surface area contributed by atoms with Gasteiger partial charge in [0, 0.05) is 39.3 Å². The minimum Gasteiger partial charge on any atom is -0.352 e. The summed E-state index contributed by atoms with van der Waals surface area (Å²) in [5, 5.41) is 14.0. The van der Waals surface area contributed by atoms with Gasteiger partial charge < -0.3 is 10.2 Å². The number of benzene rings is 2. The first-order chi connectivity index (χ1) is 11.1. The van der Waals surface area contributed by atoms with Gasteiger partial charge in [-0.15, -0.1) is 0 Å². The largest absolute Gasteiger partial charge is 0.352 e. The lowest BCUT2D eigenvalue weighted by molar-refractivity contribution is -0.384. The highest BCUT2D eigenvalue weighted by atomic mass is 16.6. The predicted molar refractivity (Wildman–Crippen MR) is 91.2 cm³/mol. The second-order valence-corrected chi connectivity index (χ2v) is 5.17. The smallest absolute Gasteiger partial charge is 0.269 e. The summed E-state index contributed by atoms with van der Waals surface area (Å²) >= 11 is 0. The third-order valence-corrected chi connectivity index (χ3v) is 3.41. The molecule has 0 saturated carbocycles. The Morgan fingerprint density at radius 2 is 1.87 bits per heavy atom. The molecule has 0 atom stereocenters. The van der Waals surface area contributed by atoms with Gasteiger partial charge in [0.1, 0.15) is 0 Å². The highest BCUT2D eigenvalue weighted by molar-refractivity contribution is 5.79. The lowest BCUT2D eigenvalue weighted by atomic mass is 10.2. The van der Waals surface area contributed by atoms with Crippen LogP contribution in [0.2, 0.25) is 0 Å². The van der Waals surface area contributed by atoms with Crippen LogP contribution in [0.4, 0.5) is 5.69 Å². The fourth-order valence-corrected chi connectivity index (χ4v) is 2.28. The fourth-order valence-electron chi connectivity index (χ4n) is 2.28. The molecule has 1 N–H and O–H groups in total. The van der Waals surface area contributed by atoms with E-state index < -0.39 is 0 Å². The van der Waals surface area contributed by atoms with Gasteiger partial charge in [0.2, 0.25) is 0 Å². The van der Waals surface area contributed by atoms with Crippen LogP contribution < -0.4 is 5.32 Å². The van der Waals surface area contributed by atoms with Crippen molar-refractivity contribution in [2.45, 2.75) is 13.1 Å². The molecule has 6 heteroatoms. The maximum Gasteiger partial charge on any atom is 0.269 e. The van der Waals surface area contributed by atoms with Crippen LogP contribution in [0, 0.1) is 10.1 Å². The Labute approximate surface area is 135 Å². The Kier molecular flexibility index (Phi) is 5.68. The molecule has 2 rings (SSSR count). The highest BCUT2D eigenvalue weighted by Crippen LogP contribution is 2.13. The molecule has 0 aliphatic rings. The Morgan fingerprint density at radius 1 is 1.17 bits per heavy atom. The summed E-state index contributed by atoms with van der Waals surface area (Å²) in [6.07, 6.45) is 0. The van der Waals surface area contributed by atoms with E-state index in [1.807, 2.05) is 36.2 Å². The minimum atomic E-state index is -0.389. The summed E-state index contributed by atoms with van der Waals surface area (Å²) < 4.78 is 0. The monoisotopic (exact) mass is 312 g/mol. The molecule has 0 bridgehead atoms. The molecule has 0 unspecified atom stereocenters. The molecule has 0 radical (unpaired) electrons. The zero-order valence-electron chi connectivity index (χ0n) is 13.3. The number of nitrogens with one attached hydrogen (secondary N) is 1. The molecule has 2 aromatic carbocycles. The normalized spacial score (nSPS) is 11.1. The minimum absolute atomic E-state index is 0.0944. The third-order valence-electron chi connectivity index (χ3n) is 3.41. The van der Waals surface area contributed by atoms with E-state index >= 15 is 0 Å². The van der Waals surface area contributed by atoms with Gasteiger partial charge in [0.05, 0.1) is 4.92 Å². The molecule has 0 spiro atoms. The van der Waals surface area contributed by atoms with Crippen molar-refractivity contribution in [2.24, 2.45) is 4.99 Å². The van der Waals surface area contributed by atoms with Gasteiger partial charge in [0.25, 0.3) is 5.69 Å². The first-order valence-electron chi connectivity index (χ1n) is 7.29. The zero-order chi connectivity index (χ0) is 16.7. The second kappa shape index (κ2) is 7.93. The van der Waals surface area contributed by atoms with E-state index in [0.29, 0.717) is 6.54 Å². The van der Waals surface area contributed by atoms with E-state index in [9.17, 15) is 10.1 Å². The molecule has 0 aliphatic heterocycles. The van der Waals surface area contributed by atoms with Gasteiger partial charge in [-0.25, -0.2) is 0 Å². The van der Waals surface area contributed by atoms with Crippen molar-refractivity contribution in [3.8, 4) is 0 Å². The van der Waals surface area contributed by atoms with E-state index in [2.05, 4.69) is 22.4 Å². The maximum atomic E-state index is 10.8. The van der Waals surface area contributed by atoms with E-state index in [-0.39, 0.29) is 10.6 Å². The number of non-ortho nitro benzene ring substituents is 1. The average Bonchev–Trinajstić information content (AvgIpc) is 2.56. The molecular formula is C17H20N4O2. The Hall–Kier alpha value is -2.89. The standard InChI is InChI=1S/C17H20N4O2/c1-18-17(20(2)13-14-7-4-3-5-8-14)19-12-15-9-6-10-16(11-15)21(22)23/h3-11H,12-13H2,1-2H3,(H,18,19). The Morgan fingerprint density at radius 3 is 2.52 bits per heavy atom. The summed E-state index contributed by atoms with van der Waals surface area (Å²) in [4.78, 5) is 16.7. The van der Waals surface area contributed by atoms with Gasteiger partial charge in [-0.2, -0.15) is 0 Å². The molecule has 0 heterocycles. The van der Waals surface area contributed by atoms with Crippen LogP contribution in [0.1, 0.15) is 11.1 Å². The van der Waals surface area contributed by atoms with Crippen LogP contribution in [0.25, 0.3) is 0 Å². The van der Waals surface area contributed by atoms with Crippen LogP contribution in [-0.2, 0) is 13.1 Å². The number of nitro benzene ring substituents is 1. The van der Waals surface area contributed by atoms with Crippen molar-refractivity contribution in [3.63, 3.8) is 0 Å². The zero-order valence-corrected chi connectivity index (χ0v) is 13.3. The molecule has 0 aliphatic carbocycles. The van der Waals surface area contributed by atoms with Crippen molar-refractivity contribution in [3.05, 3.63) is 75.8 Å². The van der Waals surface area contributed by atoms with Crippen LogP contribution in [0.3, 0.4) is 0 Å².